The Kier molecular flexibility index (Phi) is 1.44. The van der Waals surface area contributed by atoms with E-state index in [9.17, 15) is 0 Å². The molecule has 4 heteroatoms. The second-order valence-electron chi connectivity index (χ2n) is 1.64. The van der Waals surface area contributed by atoms with Crippen molar-refractivity contribution in [1.29, 1.82) is 0 Å². The summed E-state index contributed by atoms with van der Waals surface area (Å²) in [5.41, 5.74) is 11.6. The van der Waals surface area contributed by atoms with Gasteiger partial charge in [-0.3, -0.25) is 0 Å². The van der Waals surface area contributed by atoms with Crippen LogP contribution in [0.4, 0.5) is 11.4 Å². The molecule has 0 amide bonds. The lowest BCUT2D eigenvalue weighted by Gasteiger charge is -1.96. The number of anilines is 2. The fourth-order valence-corrected chi connectivity index (χ4v) is 0.621. The lowest BCUT2D eigenvalue weighted by Crippen LogP contribution is -1.94. The van der Waals surface area contributed by atoms with Crippen molar-refractivity contribution >= 4 is 23.0 Å². The summed E-state index contributed by atoms with van der Waals surface area (Å²) >= 11 is 5.47. The number of hydrogen-bond acceptors (Lipinski definition) is 3. The van der Waals surface area contributed by atoms with Crippen molar-refractivity contribution in [3.05, 3.63) is 17.4 Å². The summed E-state index contributed by atoms with van der Waals surface area (Å²) in [5.74, 6) is 0. The minimum Gasteiger partial charge on any atom is -0.397 e. The van der Waals surface area contributed by atoms with E-state index in [1.807, 2.05) is 0 Å². The maximum Gasteiger partial charge on any atom is 0.131 e. The smallest absolute Gasteiger partial charge is 0.131 e. The van der Waals surface area contributed by atoms with Crippen molar-refractivity contribution in [1.82, 2.24) is 4.98 Å². The van der Waals surface area contributed by atoms with Gasteiger partial charge >= 0.3 is 0 Å². The summed E-state index contributed by atoms with van der Waals surface area (Å²) in [4.78, 5) is 3.70. The molecule has 1 aromatic heterocycles. The van der Waals surface area contributed by atoms with Crippen LogP contribution in [0, 0.1) is 0 Å². The maximum absolute atomic E-state index is 5.47. The monoisotopic (exact) mass is 143 g/mol. The zero-order chi connectivity index (χ0) is 6.85. The van der Waals surface area contributed by atoms with Gasteiger partial charge in [0.1, 0.15) is 5.15 Å². The van der Waals surface area contributed by atoms with Crippen LogP contribution in [-0.4, -0.2) is 4.98 Å². The molecule has 0 fully saturated rings. The fourth-order valence-electron chi connectivity index (χ4n) is 0.455. The van der Waals surface area contributed by atoms with Crippen molar-refractivity contribution in [3.8, 4) is 0 Å². The molecule has 0 saturated carbocycles. The molecule has 1 aromatic rings. The van der Waals surface area contributed by atoms with Crippen molar-refractivity contribution in [2.75, 3.05) is 11.5 Å². The molecule has 0 aliphatic carbocycles. The van der Waals surface area contributed by atoms with Crippen LogP contribution in [0.5, 0.6) is 0 Å². The first kappa shape index (κ1) is 6.16. The summed E-state index contributed by atoms with van der Waals surface area (Å²) in [6, 6.07) is 1.51. The molecular formula is C5H6ClN3. The van der Waals surface area contributed by atoms with Crippen molar-refractivity contribution in [3.63, 3.8) is 0 Å². The van der Waals surface area contributed by atoms with Crippen LogP contribution in [0.25, 0.3) is 0 Å². The van der Waals surface area contributed by atoms with Crippen molar-refractivity contribution in [2.24, 2.45) is 0 Å². The van der Waals surface area contributed by atoms with Crippen LogP contribution in [0.15, 0.2) is 12.3 Å². The predicted molar refractivity (Wildman–Crippen MR) is 38.1 cm³/mol. The zero-order valence-corrected chi connectivity index (χ0v) is 5.39. The molecule has 1 rings (SSSR count). The van der Waals surface area contributed by atoms with E-state index in [1.165, 1.54) is 12.3 Å². The zero-order valence-electron chi connectivity index (χ0n) is 4.63. The Morgan fingerprint density at radius 2 is 2.00 bits per heavy atom. The summed E-state index contributed by atoms with van der Waals surface area (Å²) in [6.07, 6.45) is 1.43. The van der Waals surface area contributed by atoms with Crippen LogP contribution in [-0.2, 0) is 0 Å². The van der Waals surface area contributed by atoms with E-state index in [4.69, 9.17) is 23.1 Å². The molecule has 0 unspecified atom stereocenters. The number of halogens is 1. The average molecular weight is 144 g/mol. The molecule has 0 saturated heterocycles. The highest BCUT2D eigenvalue weighted by Gasteiger charge is 1.93. The fraction of sp³-hybridized carbons (Fsp3) is 0. The van der Waals surface area contributed by atoms with Crippen LogP contribution in [0.3, 0.4) is 0 Å². The number of nitrogens with two attached hydrogens (primary N) is 2. The van der Waals surface area contributed by atoms with Gasteiger partial charge in [0.2, 0.25) is 0 Å². The Morgan fingerprint density at radius 3 is 2.44 bits per heavy atom. The van der Waals surface area contributed by atoms with E-state index >= 15 is 0 Å². The first-order chi connectivity index (χ1) is 4.20. The van der Waals surface area contributed by atoms with E-state index in [2.05, 4.69) is 4.98 Å². The van der Waals surface area contributed by atoms with E-state index in [-0.39, 0.29) is 0 Å². The Morgan fingerprint density at radius 1 is 1.33 bits per heavy atom. The second kappa shape index (κ2) is 2.11. The van der Waals surface area contributed by atoms with Gasteiger partial charge in [-0.1, -0.05) is 11.6 Å². The molecule has 48 valence electrons. The third-order valence-electron chi connectivity index (χ3n) is 0.935. The minimum atomic E-state index is 0.363. The standard InChI is InChI=1S/C5H6ClN3/c6-5-1-3(7)4(8)2-9-5/h1-2H,8H2,(H2,7,9). The SMILES string of the molecule is Nc1cnc(Cl)cc1N. The molecule has 0 spiro atoms. The average Bonchev–Trinajstić information content (AvgIpc) is 1.80. The van der Waals surface area contributed by atoms with E-state index in [0.717, 1.165) is 0 Å². The Balaban J connectivity index is 3.17. The van der Waals surface area contributed by atoms with Gasteiger partial charge < -0.3 is 11.5 Å². The molecular weight excluding hydrogens is 138 g/mol. The first-order valence-corrected chi connectivity index (χ1v) is 2.74. The number of nitrogens with zero attached hydrogens (tertiary/aromatic N) is 1. The number of nitrogen functional groups attached to an aromatic ring is 2. The molecule has 1 heterocycles. The van der Waals surface area contributed by atoms with Crippen molar-refractivity contribution < 1.29 is 0 Å². The van der Waals surface area contributed by atoms with Crippen LogP contribution in [0.2, 0.25) is 5.15 Å². The van der Waals surface area contributed by atoms with Crippen LogP contribution in [0.1, 0.15) is 0 Å². The molecule has 0 bridgehead atoms. The van der Waals surface area contributed by atoms with Gasteiger partial charge in [0.25, 0.3) is 0 Å². The third kappa shape index (κ3) is 1.23. The van der Waals surface area contributed by atoms with Gasteiger partial charge in [-0.15, -0.1) is 0 Å². The lowest BCUT2D eigenvalue weighted by molar-refractivity contribution is 1.33. The van der Waals surface area contributed by atoms with Gasteiger partial charge in [0, 0.05) is 6.07 Å². The van der Waals surface area contributed by atoms with Gasteiger partial charge in [-0.05, 0) is 0 Å². The van der Waals surface area contributed by atoms with E-state index < -0.39 is 0 Å². The second-order valence-corrected chi connectivity index (χ2v) is 2.02. The molecule has 0 aliphatic rings. The summed E-state index contributed by atoms with van der Waals surface area (Å²) in [7, 11) is 0. The number of rotatable bonds is 0. The van der Waals surface area contributed by atoms with Crippen LogP contribution >= 0.6 is 11.6 Å². The Hall–Kier alpha value is -0.960. The molecule has 0 aromatic carbocycles. The predicted octanol–water partition coefficient (Wildman–Crippen LogP) is 0.899. The lowest BCUT2D eigenvalue weighted by atomic mass is 10.4. The first-order valence-electron chi connectivity index (χ1n) is 2.36. The molecule has 9 heavy (non-hydrogen) atoms. The maximum atomic E-state index is 5.47. The highest BCUT2D eigenvalue weighted by atomic mass is 35.5. The number of aromatic nitrogens is 1. The summed E-state index contributed by atoms with van der Waals surface area (Å²) < 4.78 is 0. The van der Waals surface area contributed by atoms with Crippen LogP contribution < -0.4 is 11.5 Å². The molecule has 0 atom stereocenters. The minimum absolute atomic E-state index is 0.363. The third-order valence-corrected chi connectivity index (χ3v) is 1.14. The largest absolute Gasteiger partial charge is 0.397 e. The highest BCUT2D eigenvalue weighted by molar-refractivity contribution is 6.29. The van der Waals surface area contributed by atoms with Crippen molar-refractivity contribution in [2.45, 2.75) is 0 Å². The van der Waals surface area contributed by atoms with E-state index in [0.29, 0.717) is 16.5 Å². The van der Waals surface area contributed by atoms with Gasteiger partial charge in [0.15, 0.2) is 0 Å². The highest BCUT2D eigenvalue weighted by Crippen LogP contribution is 2.15. The number of pyridine rings is 1. The topological polar surface area (TPSA) is 64.9 Å². The summed E-state index contributed by atoms with van der Waals surface area (Å²) in [5, 5.41) is 0.363. The molecule has 4 N–H and O–H groups in total. The Labute approximate surface area is 57.6 Å². The van der Waals surface area contributed by atoms with Gasteiger partial charge in [0.05, 0.1) is 17.6 Å². The quantitative estimate of drug-likeness (QED) is 0.531. The molecule has 0 aliphatic heterocycles. The normalized spacial score (nSPS) is 9.44. The van der Waals surface area contributed by atoms with Gasteiger partial charge in [-0.25, -0.2) is 4.98 Å². The molecule has 3 nitrogen and oxygen atoms in total. The molecule has 0 radical (unpaired) electrons. The number of hydrogen-bond donors (Lipinski definition) is 2. The summed E-state index contributed by atoms with van der Waals surface area (Å²) in [6.45, 7) is 0. The van der Waals surface area contributed by atoms with Gasteiger partial charge in [-0.2, -0.15) is 0 Å². The Bertz CT molecular complexity index is 223. The van der Waals surface area contributed by atoms with E-state index in [1.54, 1.807) is 0 Å².